The normalized spacial score (nSPS) is 29.6. The second-order valence-electron chi connectivity index (χ2n) is 10.1. The molecule has 1 saturated carbocycles. The molecule has 180 valence electrons. The van der Waals surface area contributed by atoms with Crippen LogP contribution in [0.15, 0.2) is 30.3 Å². The highest BCUT2D eigenvalue weighted by Crippen LogP contribution is 2.57. The van der Waals surface area contributed by atoms with Crippen LogP contribution in [0, 0.1) is 23.2 Å². The van der Waals surface area contributed by atoms with Gasteiger partial charge in [-0.25, -0.2) is 4.98 Å². The van der Waals surface area contributed by atoms with Crippen molar-refractivity contribution in [1.29, 1.82) is 0 Å². The van der Waals surface area contributed by atoms with Crippen molar-refractivity contribution in [3.63, 3.8) is 0 Å². The minimum atomic E-state index is -0.516. The SMILES string of the molecule is COCCNC(=O)[C@@H](C)[C@@H]1CC[C@@]2(C)Cc3sc(NCc4ccccc4)nc3[C@@H](C)[C@@H]2[C@H]1O. The molecule has 33 heavy (non-hydrogen) atoms. The third kappa shape index (κ3) is 4.96. The van der Waals surface area contributed by atoms with Gasteiger partial charge in [-0.1, -0.05) is 51.1 Å². The fraction of sp³-hybridized carbons (Fsp3) is 0.615. The lowest BCUT2D eigenvalue weighted by Crippen LogP contribution is -2.53. The molecule has 1 fully saturated rings. The zero-order valence-corrected chi connectivity index (χ0v) is 21.0. The van der Waals surface area contributed by atoms with Crippen LogP contribution in [-0.4, -0.2) is 42.4 Å². The minimum Gasteiger partial charge on any atom is -0.392 e. The molecule has 6 atom stereocenters. The van der Waals surface area contributed by atoms with Crippen molar-refractivity contribution < 1.29 is 14.6 Å². The van der Waals surface area contributed by atoms with Gasteiger partial charge in [-0.2, -0.15) is 0 Å². The molecule has 1 heterocycles. The number of aliphatic hydroxyl groups is 1. The van der Waals surface area contributed by atoms with Crippen LogP contribution in [0.3, 0.4) is 0 Å². The van der Waals surface area contributed by atoms with E-state index in [2.05, 4.69) is 36.6 Å². The number of aliphatic hydroxyl groups excluding tert-OH is 1. The molecule has 4 rings (SSSR count). The molecule has 7 heteroatoms. The quantitative estimate of drug-likeness (QED) is 0.503. The summed E-state index contributed by atoms with van der Waals surface area (Å²) in [7, 11) is 1.63. The van der Waals surface area contributed by atoms with Gasteiger partial charge in [0, 0.05) is 36.9 Å². The summed E-state index contributed by atoms with van der Waals surface area (Å²) in [6.45, 7) is 8.22. The number of nitrogens with zero attached hydrogens (tertiary/aromatic N) is 1. The lowest BCUT2D eigenvalue weighted by Gasteiger charge is -2.53. The Balaban J connectivity index is 1.48. The molecule has 0 aliphatic heterocycles. The number of hydrogen-bond donors (Lipinski definition) is 3. The average Bonchev–Trinajstić information content (AvgIpc) is 3.20. The number of anilines is 1. The van der Waals surface area contributed by atoms with Gasteiger partial charge in [-0.3, -0.25) is 4.79 Å². The maximum absolute atomic E-state index is 12.7. The van der Waals surface area contributed by atoms with E-state index in [0.29, 0.717) is 13.2 Å². The van der Waals surface area contributed by atoms with Crippen molar-refractivity contribution in [3.05, 3.63) is 46.5 Å². The van der Waals surface area contributed by atoms with E-state index >= 15 is 0 Å². The van der Waals surface area contributed by atoms with E-state index in [-0.39, 0.29) is 35.0 Å². The highest BCUT2D eigenvalue weighted by Gasteiger charge is 2.53. The number of methoxy groups -OCH3 is 1. The Morgan fingerprint density at radius 3 is 2.85 bits per heavy atom. The number of aromatic nitrogens is 1. The molecule has 1 aromatic heterocycles. The summed E-state index contributed by atoms with van der Waals surface area (Å²) >= 11 is 1.76. The number of amides is 1. The second kappa shape index (κ2) is 10.1. The molecule has 6 nitrogen and oxygen atoms in total. The Morgan fingerprint density at radius 2 is 2.12 bits per heavy atom. The number of thiazole rings is 1. The first-order chi connectivity index (χ1) is 15.8. The minimum absolute atomic E-state index is 0.00455. The Hall–Kier alpha value is -1.96. The fourth-order valence-electron chi connectivity index (χ4n) is 6.03. The van der Waals surface area contributed by atoms with Crippen LogP contribution in [0.2, 0.25) is 0 Å². The highest BCUT2D eigenvalue weighted by atomic mass is 32.1. The Bertz CT molecular complexity index is 950. The van der Waals surface area contributed by atoms with Crippen LogP contribution in [-0.2, 0) is 22.5 Å². The predicted octanol–water partition coefficient (Wildman–Crippen LogP) is 4.21. The number of nitrogens with one attached hydrogen (secondary N) is 2. The van der Waals surface area contributed by atoms with Crippen molar-refractivity contribution in [2.24, 2.45) is 23.2 Å². The van der Waals surface area contributed by atoms with Crippen LogP contribution in [0.5, 0.6) is 0 Å². The van der Waals surface area contributed by atoms with E-state index in [1.165, 1.54) is 10.4 Å². The molecule has 0 saturated heterocycles. The number of fused-ring (bicyclic) bond motifs is 2. The third-order valence-electron chi connectivity index (χ3n) is 7.87. The van der Waals surface area contributed by atoms with Gasteiger partial charge in [0.25, 0.3) is 0 Å². The van der Waals surface area contributed by atoms with Crippen LogP contribution in [0.4, 0.5) is 5.13 Å². The summed E-state index contributed by atoms with van der Waals surface area (Å²) in [6.07, 6.45) is 2.31. The van der Waals surface area contributed by atoms with Crippen LogP contribution >= 0.6 is 11.3 Å². The largest absolute Gasteiger partial charge is 0.392 e. The number of ether oxygens (including phenoxy) is 1. The predicted molar refractivity (Wildman–Crippen MR) is 132 cm³/mol. The molecule has 2 aromatic rings. The summed E-state index contributed by atoms with van der Waals surface area (Å²) in [4.78, 5) is 19.0. The maximum atomic E-state index is 12.7. The van der Waals surface area contributed by atoms with Gasteiger partial charge < -0.3 is 20.5 Å². The van der Waals surface area contributed by atoms with E-state index in [4.69, 9.17) is 9.72 Å². The van der Waals surface area contributed by atoms with Gasteiger partial charge in [0.05, 0.1) is 18.4 Å². The molecule has 1 aromatic carbocycles. The van der Waals surface area contributed by atoms with Gasteiger partial charge >= 0.3 is 0 Å². The van der Waals surface area contributed by atoms with Gasteiger partial charge in [0.15, 0.2) is 5.13 Å². The molecule has 0 unspecified atom stereocenters. The number of hydrogen-bond acceptors (Lipinski definition) is 6. The molecule has 2 aliphatic carbocycles. The van der Waals surface area contributed by atoms with E-state index in [0.717, 1.165) is 36.6 Å². The summed E-state index contributed by atoms with van der Waals surface area (Å²) in [5, 5.41) is 18.9. The monoisotopic (exact) mass is 471 g/mol. The lowest BCUT2D eigenvalue weighted by atomic mass is 9.53. The molecule has 0 radical (unpaired) electrons. The standard InChI is InChI=1S/C26H37N3O3S/c1-16(24(31)27-12-13-32-4)19-10-11-26(3)14-20-22(17(2)21(26)23(19)30)29-25(33-20)28-15-18-8-6-5-7-9-18/h5-9,16-17,19,21,23,30H,10-15H2,1-4H3,(H,27,31)(H,28,29)/t16-,17-,19-,21+,23-,26-/m0/s1. The van der Waals surface area contributed by atoms with Crippen molar-refractivity contribution >= 4 is 22.4 Å². The van der Waals surface area contributed by atoms with E-state index in [9.17, 15) is 9.90 Å². The van der Waals surface area contributed by atoms with E-state index in [1.54, 1.807) is 18.4 Å². The highest BCUT2D eigenvalue weighted by molar-refractivity contribution is 7.15. The van der Waals surface area contributed by atoms with Crippen molar-refractivity contribution in [3.8, 4) is 0 Å². The molecule has 0 bridgehead atoms. The van der Waals surface area contributed by atoms with Crippen LogP contribution in [0.25, 0.3) is 0 Å². The molecular weight excluding hydrogens is 434 g/mol. The number of benzene rings is 1. The van der Waals surface area contributed by atoms with Gasteiger partial charge in [-0.05, 0) is 42.1 Å². The third-order valence-corrected chi connectivity index (χ3v) is 8.90. The summed E-state index contributed by atoms with van der Waals surface area (Å²) in [5.74, 6) is -0.00624. The van der Waals surface area contributed by atoms with Crippen molar-refractivity contribution in [2.75, 3.05) is 25.6 Å². The summed E-state index contributed by atoms with van der Waals surface area (Å²) in [6, 6.07) is 10.4. The summed E-state index contributed by atoms with van der Waals surface area (Å²) < 4.78 is 5.04. The summed E-state index contributed by atoms with van der Waals surface area (Å²) in [5.41, 5.74) is 2.38. The molecule has 2 aliphatic rings. The van der Waals surface area contributed by atoms with Crippen LogP contribution < -0.4 is 10.6 Å². The van der Waals surface area contributed by atoms with E-state index < -0.39 is 6.10 Å². The maximum Gasteiger partial charge on any atom is 0.223 e. The molecular formula is C26H37N3O3S. The Labute approximate surface area is 201 Å². The first-order valence-corrected chi connectivity index (χ1v) is 12.9. The van der Waals surface area contributed by atoms with Crippen molar-refractivity contribution in [1.82, 2.24) is 10.3 Å². The Kier molecular flexibility index (Phi) is 7.41. The number of rotatable bonds is 8. The number of carbonyl (C=O) groups is 1. The van der Waals surface area contributed by atoms with E-state index in [1.807, 2.05) is 25.1 Å². The zero-order valence-electron chi connectivity index (χ0n) is 20.1. The molecule has 1 amide bonds. The zero-order chi connectivity index (χ0) is 23.6. The second-order valence-corrected chi connectivity index (χ2v) is 11.2. The van der Waals surface area contributed by atoms with Gasteiger partial charge in [-0.15, -0.1) is 11.3 Å². The fourth-order valence-corrected chi connectivity index (χ4v) is 7.29. The Morgan fingerprint density at radius 1 is 1.36 bits per heavy atom. The van der Waals surface area contributed by atoms with Crippen LogP contribution in [0.1, 0.15) is 55.7 Å². The first-order valence-electron chi connectivity index (χ1n) is 12.1. The van der Waals surface area contributed by atoms with Crippen molar-refractivity contribution in [2.45, 2.75) is 58.6 Å². The average molecular weight is 472 g/mol. The smallest absolute Gasteiger partial charge is 0.223 e. The topological polar surface area (TPSA) is 83.5 Å². The molecule has 0 spiro atoms. The van der Waals surface area contributed by atoms with Gasteiger partial charge in [0.2, 0.25) is 5.91 Å². The molecule has 3 N–H and O–H groups in total. The van der Waals surface area contributed by atoms with Gasteiger partial charge in [0.1, 0.15) is 0 Å². The first kappa shape index (κ1) is 24.2. The lowest BCUT2D eigenvalue weighted by molar-refractivity contribution is -0.135. The number of carbonyl (C=O) groups excluding carboxylic acids is 1.